The topological polar surface area (TPSA) is 172 Å². The zero-order chi connectivity index (χ0) is 45.8. The minimum Gasteiger partial charge on any atom is -0.455 e. The Balaban J connectivity index is 0.915. The van der Waals surface area contributed by atoms with Gasteiger partial charge in [-0.05, 0) is 104 Å². The predicted molar refractivity (Wildman–Crippen MR) is 257 cm³/mol. The molecular weight excluding hydrogens is 906 g/mol. The van der Waals surface area contributed by atoms with Gasteiger partial charge in [0.05, 0.1) is 46.8 Å². The van der Waals surface area contributed by atoms with E-state index in [0.29, 0.717) is 37.4 Å². The Morgan fingerprint density at radius 1 is 0.833 bits per heavy atom. The molecule has 18 heteroatoms. The molecule has 1 amide bonds. The van der Waals surface area contributed by atoms with Crippen molar-refractivity contribution in [1.29, 1.82) is 0 Å². The van der Waals surface area contributed by atoms with Gasteiger partial charge in [0.25, 0.3) is 21.6 Å². The summed E-state index contributed by atoms with van der Waals surface area (Å²) < 4.78 is 47.6. The van der Waals surface area contributed by atoms with Gasteiger partial charge in [0.15, 0.2) is 0 Å². The highest BCUT2D eigenvalue weighted by Crippen LogP contribution is 2.38. The number of aromatic amines is 1. The van der Waals surface area contributed by atoms with E-state index in [1.165, 1.54) is 34.9 Å². The SMILES string of the molecule is O=C(NS(=O)(=O)c1ccc(NC2CCC(N3CCOCC3)CC2)c([N+](=O)[O-])c1)c1ccc(N2CCN(CC3=C(c4ccc(Cl)cc4)CCOCC3)CC2)cc1Oc1cc2cc[nH]c2cc1Cl. The fourth-order valence-electron chi connectivity index (χ4n) is 9.57. The Labute approximate surface area is 394 Å². The van der Waals surface area contributed by atoms with Crippen LogP contribution < -0.4 is 19.7 Å². The second-order valence-electron chi connectivity index (χ2n) is 17.3. The first-order valence-electron chi connectivity index (χ1n) is 22.5. The number of ether oxygens (including phenoxy) is 3. The monoisotopic (exact) mass is 957 g/mol. The van der Waals surface area contributed by atoms with Crippen molar-refractivity contribution in [3.05, 3.63) is 122 Å². The van der Waals surface area contributed by atoms with Crippen LogP contribution in [0.15, 0.2) is 95.5 Å². The number of hydrogen-bond acceptors (Lipinski definition) is 12. The molecule has 15 nitrogen and oxygen atoms in total. The number of sulfonamides is 1. The lowest BCUT2D eigenvalue weighted by Gasteiger charge is -2.39. The number of nitro groups is 1. The summed E-state index contributed by atoms with van der Waals surface area (Å²) in [6, 6.07) is 22.4. The van der Waals surface area contributed by atoms with Gasteiger partial charge in [0.2, 0.25) is 0 Å². The third kappa shape index (κ3) is 10.7. The van der Waals surface area contributed by atoms with Crippen molar-refractivity contribution < 1.29 is 32.3 Å². The highest BCUT2D eigenvalue weighted by Gasteiger charge is 2.31. The number of nitrogens with one attached hydrogen (secondary N) is 3. The average molecular weight is 959 g/mol. The first kappa shape index (κ1) is 45.9. The molecule has 0 bridgehead atoms. The van der Waals surface area contributed by atoms with Gasteiger partial charge in [-0.15, -0.1) is 0 Å². The van der Waals surface area contributed by atoms with Gasteiger partial charge in [-0.2, -0.15) is 0 Å². The minimum absolute atomic E-state index is 0.00629. The van der Waals surface area contributed by atoms with E-state index in [-0.39, 0.29) is 33.8 Å². The summed E-state index contributed by atoms with van der Waals surface area (Å²) in [7, 11) is -4.59. The van der Waals surface area contributed by atoms with Crippen LogP contribution in [-0.4, -0.2) is 118 Å². The summed E-state index contributed by atoms with van der Waals surface area (Å²) in [6.45, 7) is 8.37. The number of nitrogens with zero attached hydrogens (tertiary/aromatic N) is 4. The summed E-state index contributed by atoms with van der Waals surface area (Å²) in [5, 5.41) is 17.4. The number of carbonyl (C=O) groups is 1. The van der Waals surface area contributed by atoms with E-state index in [0.717, 1.165) is 107 Å². The molecule has 3 N–H and O–H groups in total. The van der Waals surface area contributed by atoms with E-state index >= 15 is 0 Å². The summed E-state index contributed by atoms with van der Waals surface area (Å²) >= 11 is 12.9. The Morgan fingerprint density at radius 2 is 1.58 bits per heavy atom. The number of morpholine rings is 1. The van der Waals surface area contributed by atoms with Gasteiger partial charge in [-0.25, -0.2) is 13.1 Å². The number of halogens is 2. The third-order valence-corrected chi connectivity index (χ3v) is 15.0. The Hall–Kier alpha value is -5.20. The highest BCUT2D eigenvalue weighted by atomic mass is 35.5. The van der Waals surface area contributed by atoms with E-state index in [1.54, 1.807) is 30.5 Å². The number of piperazine rings is 1. The molecular formula is C48H53Cl2N7O8S. The molecule has 1 aromatic heterocycles. The van der Waals surface area contributed by atoms with E-state index in [4.69, 9.17) is 37.4 Å². The summed E-state index contributed by atoms with van der Waals surface area (Å²) in [5.74, 6) is -0.614. The van der Waals surface area contributed by atoms with Crippen molar-refractivity contribution in [3.8, 4) is 11.5 Å². The van der Waals surface area contributed by atoms with Gasteiger partial charge in [0, 0.05) is 97.8 Å². The second kappa shape index (κ2) is 20.3. The van der Waals surface area contributed by atoms with Gasteiger partial charge in [-0.3, -0.25) is 24.7 Å². The van der Waals surface area contributed by atoms with E-state index in [2.05, 4.69) is 41.9 Å². The minimum atomic E-state index is -4.59. The molecule has 4 aromatic carbocycles. The van der Waals surface area contributed by atoms with Crippen molar-refractivity contribution in [2.75, 3.05) is 82.5 Å². The molecule has 1 saturated carbocycles. The lowest BCUT2D eigenvalue weighted by atomic mass is 9.89. The Morgan fingerprint density at radius 3 is 2.33 bits per heavy atom. The molecule has 0 atom stereocenters. The molecule has 66 heavy (non-hydrogen) atoms. The second-order valence-corrected chi connectivity index (χ2v) is 19.8. The summed E-state index contributed by atoms with van der Waals surface area (Å²) in [5.41, 5.74) is 5.17. The lowest BCUT2D eigenvalue weighted by molar-refractivity contribution is -0.384. The van der Waals surface area contributed by atoms with Crippen molar-refractivity contribution in [2.45, 2.75) is 55.5 Å². The molecule has 0 unspecified atom stereocenters. The summed E-state index contributed by atoms with van der Waals surface area (Å²) in [6.07, 6.45) is 7.00. The molecule has 3 aliphatic heterocycles. The van der Waals surface area contributed by atoms with Crippen molar-refractivity contribution in [2.24, 2.45) is 0 Å². The van der Waals surface area contributed by atoms with Crippen molar-refractivity contribution in [1.82, 2.24) is 19.5 Å². The smallest absolute Gasteiger partial charge is 0.293 e. The van der Waals surface area contributed by atoms with Crippen molar-refractivity contribution >= 4 is 72.7 Å². The van der Waals surface area contributed by atoms with Crippen LogP contribution in [0.25, 0.3) is 16.5 Å². The summed E-state index contributed by atoms with van der Waals surface area (Å²) in [4.78, 5) is 35.6. The number of carbonyl (C=O) groups excluding carboxylic acids is 1. The van der Waals surface area contributed by atoms with Crippen LogP contribution in [0.4, 0.5) is 17.1 Å². The van der Waals surface area contributed by atoms with Crippen LogP contribution in [0.2, 0.25) is 10.0 Å². The number of aromatic nitrogens is 1. The van der Waals surface area contributed by atoms with Crippen molar-refractivity contribution in [3.63, 3.8) is 0 Å². The number of amides is 1. The van der Waals surface area contributed by atoms with Gasteiger partial charge in [0.1, 0.15) is 17.2 Å². The molecule has 2 saturated heterocycles. The molecule has 4 heterocycles. The van der Waals surface area contributed by atoms with Crippen LogP contribution in [-0.2, 0) is 19.5 Å². The number of nitro benzene ring substituents is 1. The predicted octanol–water partition coefficient (Wildman–Crippen LogP) is 8.74. The van der Waals surface area contributed by atoms with Gasteiger partial charge < -0.3 is 29.4 Å². The Bertz CT molecular complexity index is 2710. The van der Waals surface area contributed by atoms with Crippen LogP contribution in [0.1, 0.15) is 54.4 Å². The number of rotatable bonds is 13. The van der Waals surface area contributed by atoms with Crippen LogP contribution in [0, 0.1) is 10.1 Å². The standard InChI is InChI=1S/C48H53Cl2N7O8S/c49-35-3-1-32(2-4-35)40-15-24-63-23-14-34(40)31-54-17-19-55(20-18-54)38-9-11-41(46(28-38)65-47-27-33-13-16-51-44(33)30-42(47)50)48(58)53-66(61,62)39-10-12-43(45(29-39)57(59)60)52-36-5-7-37(8-6-36)56-21-25-64-26-22-56/h1-4,9-13,16,27-30,36-37,51-52H,5-8,14-15,17-26,31H2,(H,53,58). The number of H-pyrrole nitrogens is 1. The highest BCUT2D eigenvalue weighted by molar-refractivity contribution is 7.90. The normalized spacial score (nSPS) is 20.2. The number of fused-ring (bicyclic) bond motifs is 1. The van der Waals surface area contributed by atoms with E-state index in [1.807, 2.05) is 18.2 Å². The zero-order valence-corrected chi connectivity index (χ0v) is 38.8. The number of anilines is 2. The van der Waals surface area contributed by atoms with Crippen LogP contribution in [0.5, 0.6) is 11.5 Å². The first-order chi connectivity index (χ1) is 32.0. The molecule has 1 aliphatic carbocycles. The molecule has 0 radical (unpaired) electrons. The fourth-order valence-corrected chi connectivity index (χ4v) is 10.9. The Kier molecular flexibility index (Phi) is 14.2. The maximum absolute atomic E-state index is 14.1. The molecule has 5 aromatic rings. The molecule has 3 fully saturated rings. The number of hydrogen-bond donors (Lipinski definition) is 3. The van der Waals surface area contributed by atoms with Crippen LogP contribution >= 0.6 is 23.2 Å². The number of benzene rings is 4. The van der Waals surface area contributed by atoms with E-state index in [9.17, 15) is 23.3 Å². The molecule has 0 spiro atoms. The van der Waals surface area contributed by atoms with E-state index < -0.39 is 31.4 Å². The quantitative estimate of drug-likeness (QED) is 0.0759. The van der Waals surface area contributed by atoms with Gasteiger partial charge >= 0.3 is 0 Å². The fraction of sp³-hybridized carbons (Fsp3) is 0.396. The first-order valence-corrected chi connectivity index (χ1v) is 24.8. The average Bonchev–Trinajstić information content (AvgIpc) is 3.65. The molecule has 9 rings (SSSR count). The largest absolute Gasteiger partial charge is 0.455 e. The molecule has 348 valence electrons. The maximum atomic E-state index is 14.1. The van der Waals surface area contributed by atoms with Crippen LogP contribution in [0.3, 0.4) is 0 Å². The van der Waals surface area contributed by atoms with Gasteiger partial charge in [-0.1, -0.05) is 40.9 Å². The molecule has 4 aliphatic rings. The third-order valence-electron chi connectivity index (χ3n) is 13.2. The zero-order valence-electron chi connectivity index (χ0n) is 36.5. The maximum Gasteiger partial charge on any atom is 0.293 e. The lowest BCUT2D eigenvalue weighted by Crippen LogP contribution is -2.47.